The highest BCUT2D eigenvalue weighted by Gasteiger charge is 2.16. The van der Waals surface area contributed by atoms with E-state index in [4.69, 9.17) is 0 Å². The molecule has 0 saturated carbocycles. The van der Waals surface area contributed by atoms with Gasteiger partial charge in [-0.1, -0.05) is 0 Å². The summed E-state index contributed by atoms with van der Waals surface area (Å²) in [5, 5.41) is 2.68. The third-order valence-electron chi connectivity index (χ3n) is 2.86. The molecule has 0 atom stereocenters. The molecule has 6 nitrogen and oxygen atoms in total. The molecule has 0 bridgehead atoms. The maximum absolute atomic E-state index is 10.9. The van der Waals surface area contributed by atoms with E-state index in [-0.39, 0.29) is 5.91 Å². The van der Waals surface area contributed by atoms with Crippen molar-refractivity contribution < 1.29 is 9.59 Å². The van der Waals surface area contributed by atoms with Crippen LogP contribution in [0.25, 0.3) is 0 Å². The van der Waals surface area contributed by atoms with Gasteiger partial charge in [-0.05, 0) is 12.1 Å². The molecule has 0 unspecified atom stereocenters. The van der Waals surface area contributed by atoms with E-state index >= 15 is 0 Å². The average Bonchev–Trinajstić information content (AvgIpc) is 2.39. The van der Waals surface area contributed by atoms with Crippen molar-refractivity contribution in [3.05, 3.63) is 18.3 Å². The lowest BCUT2D eigenvalue weighted by Crippen LogP contribution is -2.46. The van der Waals surface area contributed by atoms with Gasteiger partial charge in [0.2, 0.25) is 12.3 Å². The minimum atomic E-state index is -0.107. The number of nitrogens with zero attached hydrogens (tertiary/aromatic N) is 3. The molecule has 1 saturated heterocycles. The molecule has 1 aliphatic heterocycles. The first-order valence-electron chi connectivity index (χ1n) is 5.87. The molecule has 1 aromatic heterocycles. The second kappa shape index (κ2) is 5.48. The number of rotatable bonds is 3. The van der Waals surface area contributed by atoms with Crippen LogP contribution in [-0.2, 0) is 9.59 Å². The molecule has 1 aliphatic rings. The molecular weight excluding hydrogens is 232 g/mol. The summed E-state index contributed by atoms with van der Waals surface area (Å²) in [6.45, 7) is 4.47. The lowest BCUT2D eigenvalue weighted by atomic mass is 10.3. The minimum absolute atomic E-state index is 0.107. The van der Waals surface area contributed by atoms with Crippen LogP contribution in [-0.4, -0.2) is 48.4 Å². The highest BCUT2D eigenvalue weighted by Crippen LogP contribution is 2.15. The zero-order valence-corrected chi connectivity index (χ0v) is 10.3. The molecule has 0 spiro atoms. The Balaban J connectivity index is 1.97. The van der Waals surface area contributed by atoms with Crippen LogP contribution < -0.4 is 10.2 Å². The Labute approximate surface area is 106 Å². The predicted molar refractivity (Wildman–Crippen MR) is 68.4 cm³/mol. The smallest absolute Gasteiger partial charge is 0.221 e. The van der Waals surface area contributed by atoms with Gasteiger partial charge in [-0.15, -0.1) is 0 Å². The zero-order chi connectivity index (χ0) is 13.0. The van der Waals surface area contributed by atoms with E-state index in [9.17, 15) is 9.59 Å². The average molecular weight is 248 g/mol. The number of hydrogen-bond acceptors (Lipinski definition) is 4. The molecule has 2 amide bonds. The van der Waals surface area contributed by atoms with Crippen molar-refractivity contribution in [2.45, 2.75) is 6.92 Å². The first kappa shape index (κ1) is 12.3. The van der Waals surface area contributed by atoms with Crippen LogP contribution in [0.1, 0.15) is 6.92 Å². The summed E-state index contributed by atoms with van der Waals surface area (Å²) in [5.41, 5.74) is 0.692. The van der Waals surface area contributed by atoms with E-state index in [0.717, 1.165) is 38.4 Å². The topological polar surface area (TPSA) is 65.5 Å². The number of aromatic nitrogens is 1. The van der Waals surface area contributed by atoms with Gasteiger partial charge in [0, 0.05) is 33.1 Å². The van der Waals surface area contributed by atoms with Gasteiger partial charge >= 0.3 is 0 Å². The summed E-state index contributed by atoms with van der Waals surface area (Å²) < 4.78 is 0. The summed E-state index contributed by atoms with van der Waals surface area (Å²) in [5.74, 6) is 0.763. The molecule has 1 fully saturated rings. The highest BCUT2D eigenvalue weighted by molar-refractivity contribution is 5.88. The summed E-state index contributed by atoms with van der Waals surface area (Å²) in [7, 11) is 0. The Morgan fingerprint density at radius 2 is 2.06 bits per heavy atom. The largest absolute Gasteiger partial charge is 0.353 e. The lowest BCUT2D eigenvalue weighted by molar-refractivity contribution is -0.118. The van der Waals surface area contributed by atoms with Gasteiger partial charge in [0.15, 0.2) is 0 Å². The van der Waals surface area contributed by atoms with Crippen molar-refractivity contribution in [2.75, 3.05) is 36.4 Å². The first-order chi connectivity index (χ1) is 8.69. The van der Waals surface area contributed by atoms with Crippen LogP contribution >= 0.6 is 0 Å². The SMILES string of the molecule is CC(=O)Nc1ccc(N2CCN(C=O)CC2)nc1. The molecule has 96 valence electrons. The van der Waals surface area contributed by atoms with E-state index in [0.29, 0.717) is 5.69 Å². The monoisotopic (exact) mass is 248 g/mol. The van der Waals surface area contributed by atoms with Gasteiger partial charge in [0.25, 0.3) is 0 Å². The number of nitrogens with one attached hydrogen (secondary N) is 1. The first-order valence-corrected chi connectivity index (χ1v) is 5.87. The van der Waals surface area contributed by atoms with Crippen molar-refractivity contribution in [3.8, 4) is 0 Å². The number of piperazine rings is 1. The Hall–Kier alpha value is -2.11. The summed E-state index contributed by atoms with van der Waals surface area (Å²) in [6, 6.07) is 3.71. The van der Waals surface area contributed by atoms with Crippen molar-refractivity contribution in [2.24, 2.45) is 0 Å². The van der Waals surface area contributed by atoms with Gasteiger partial charge in [0.05, 0.1) is 11.9 Å². The van der Waals surface area contributed by atoms with E-state index in [1.54, 1.807) is 11.1 Å². The molecule has 2 rings (SSSR count). The van der Waals surface area contributed by atoms with Gasteiger partial charge in [0.1, 0.15) is 5.82 Å². The molecule has 1 N–H and O–H groups in total. The molecule has 2 heterocycles. The van der Waals surface area contributed by atoms with Crippen LogP contribution in [0.4, 0.5) is 11.5 Å². The third-order valence-corrected chi connectivity index (χ3v) is 2.86. The molecule has 1 aromatic rings. The Bertz CT molecular complexity index is 424. The molecule has 0 radical (unpaired) electrons. The van der Waals surface area contributed by atoms with Crippen LogP contribution in [0.15, 0.2) is 18.3 Å². The van der Waals surface area contributed by atoms with Crippen LogP contribution in [0.2, 0.25) is 0 Å². The minimum Gasteiger partial charge on any atom is -0.353 e. The summed E-state index contributed by atoms with van der Waals surface area (Å²) >= 11 is 0. The molecular formula is C12H16N4O2. The van der Waals surface area contributed by atoms with E-state index in [1.165, 1.54) is 6.92 Å². The maximum atomic E-state index is 10.9. The van der Waals surface area contributed by atoms with Crippen molar-refractivity contribution >= 4 is 23.8 Å². The molecule has 0 aliphatic carbocycles. The quantitative estimate of drug-likeness (QED) is 0.782. The van der Waals surface area contributed by atoms with E-state index < -0.39 is 0 Å². The molecule has 6 heteroatoms. The fourth-order valence-electron chi connectivity index (χ4n) is 1.91. The number of carbonyl (C=O) groups is 2. The second-order valence-electron chi connectivity index (χ2n) is 4.21. The zero-order valence-electron chi connectivity index (χ0n) is 10.3. The predicted octanol–water partition coefficient (Wildman–Crippen LogP) is 0.318. The Morgan fingerprint density at radius 3 is 2.56 bits per heavy atom. The standard InChI is InChI=1S/C12H16N4O2/c1-10(18)14-11-2-3-12(13-8-11)16-6-4-15(9-17)5-7-16/h2-3,8-9H,4-7H2,1H3,(H,14,18). The number of pyridine rings is 1. The van der Waals surface area contributed by atoms with Crippen LogP contribution in [0.3, 0.4) is 0 Å². The number of hydrogen-bond donors (Lipinski definition) is 1. The maximum Gasteiger partial charge on any atom is 0.221 e. The normalized spacial score (nSPS) is 15.4. The Morgan fingerprint density at radius 1 is 1.33 bits per heavy atom. The summed E-state index contributed by atoms with van der Waals surface area (Å²) in [6.07, 6.45) is 2.52. The van der Waals surface area contributed by atoms with Crippen molar-refractivity contribution in [3.63, 3.8) is 0 Å². The number of anilines is 2. The van der Waals surface area contributed by atoms with E-state index in [2.05, 4.69) is 15.2 Å². The summed E-state index contributed by atoms with van der Waals surface area (Å²) in [4.78, 5) is 29.7. The van der Waals surface area contributed by atoms with Crippen molar-refractivity contribution in [1.82, 2.24) is 9.88 Å². The molecule has 0 aromatic carbocycles. The number of carbonyl (C=O) groups excluding carboxylic acids is 2. The lowest BCUT2D eigenvalue weighted by Gasteiger charge is -2.33. The highest BCUT2D eigenvalue weighted by atomic mass is 16.1. The third kappa shape index (κ3) is 2.97. The van der Waals surface area contributed by atoms with E-state index in [1.807, 2.05) is 12.1 Å². The second-order valence-corrected chi connectivity index (χ2v) is 4.21. The van der Waals surface area contributed by atoms with Crippen LogP contribution in [0.5, 0.6) is 0 Å². The van der Waals surface area contributed by atoms with Crippen LogP contribution in [0, 0.1) is 0 Å². The number of amides is 2. The van der Waals surface area contributed by atoms with Gasteiger partial charge in [-0.25, -0.2) is 4.98 Å². The van der Waals surface area contributed by atoms with Gasteiger partial charge in [-0.2, -0.15) is 0 Å². The Kier molecular flexibility index (Phi) is 3.76. The van der Waals surface area contributed by atoms with Gasteiger partial charge in [-0.3, -0.25) is 9.59 Å². The van der Waals surface area contributed by atoms with Gasteiger partial charge < -0.3 is 15.1 Å². The molecule has 18 heavy (non-hydrogen) atoms. The van der Waals surface area contributed by atoms with Crippen molar-refractivity contribution in [1.29, 1.82) is 0 Å². The fourth-order valence-corrected chi connectivity index (χ4v) is 1.91. The fraction of sp³-hybridized carbons (Fsp3) is 0.417.